The van der Waals surface area contributed by atoms with E-state index in [0.717, 1.165) is 5.39 Å². The first-order valence-electron chi connectivity index (χ1n) is 12.3. The van der Waals surface area contributed by atoms with Crippen LogP contribution in [0.5, 0.6) is 28.7 Å². The van der Waals surface area contributed by atoms with E-state index in [0.29, 0.717) is 58.2 Å². The second-order valence-corrected chi connectivity index (χ2v) is 9.02. The fourth-order valence-corrected chi connectivity index (χ4v) is 4.26. The van der Waals surface area contributed by atoms with Gasteiger partial charge in [0, 0.05) is 29.6 Å². The average Bonchev–Trinajstić information content (AvgIpc) is 2.84. The van der Waals surface area contributed by atoms with Gasteiger partial charge < -0.3 is 29.0 Å². The van der Waals surface area contributed by atoms with E-state index in [1.807, 2.05) is 53.7 Å². The lowest BCUT2D eigenvalue weighted by Crippen LogP contribution is -2.31. The molecular weight excluding hydrogens is 458 g/mol. The van der Waals surface area contributed by atoms with E-state index in [9.17, 15) is 9.90 Å². The summed E-state index contributed by atoms with van der Waals surface area (Å²) in [5.41, 5.74) is 1.40. The fourth-order valence-electron chi connectivity index (χ4n) is 4.26. The first-order chi connectivity index (χ1) is 17.2. The molecule has 0 aliphatic rings. The number of hydrogen-bond donors (Lipinski definition) is 1. The first-order valence-corrected chi connectivity index (χ1v) is 12.3. The molecule has 0 unspecified atom stereocenters. The van der Waals surface area contributed by atoms with Gasteiger partial charge in [0.25, 0.3) is 5.91 Å². The van der Waals surface area contributed by atoms with Crippen molar-refractivity contribution in [3.8, 4) is 39.9 Å². The van der Waals surface area contributed by atoms with Crippen molar-refractivity contribution in [3.05, 3.63) is 42.0 Å². The summed E-state index contributed by atoms with van der Waals surface area (Å²) in [6.07, 6.45) is -0.114. The van der Waals surface area contributed by atoms with Crippen LogP contribution in [-0.4, -0.2) is 55.4 Å². The molecule has 1 amide bonds. The number of nitrogens with zero attached hydrogens (tertiary/aromatic N) is 1. The molecule has 0 fully saturated rings. The van der Waals surface area contributed by atoms with Crippen molar-refractivity contribution >= 4 is 16.7 Å². The van der Waals surface area contributed by atoms with Crippen LogP contribution in [0.25, 0.3) is 21.9 Å². The van der Waals surface area contributed by atoms with E-state index in [4.69, 9.17) is 18.9 Å². The monoisotopic (exact) mass is 495 g/mol. The summed E-state index contributed by atoms with van der Waals surface area (Å²) < 4.78 is 23.1. The number of phenols is 1. The molecule has 1 N–H and O–H groups in total. The second kappa shape index (κ2) is 11.4. The Balaban J connectivity index is 2.31. The zero-order chi connectivity index (χ0) is 26.6. The van der Waals surface area contributed by atoms with Crippen LogP contribution in [0.1, 0.15) is 51.9 Å². The molecule has 3 rings (SSSR count). The van der Waals surface area contributed by atoms with E-state index in [1.165, 1.54) is 14.2 Å². The molecule has 36 heavy (non-hydrogen) atoms. The van der Waals surface area contributed by atoms with Crippen LogP contribution in [0, 0.1) is 0 Å². The minimum atomic E-state index is -0.199. The van der Waals surface area contributed by atoms with Crippen molar-refractivity contribution in [3.63, 3.8) is 0 Å². The Morgan fingerprint density at radius 3 is 1.94 bits per heavy atom. The van der Waals surface area contributed by atoms with Crippen LogP contribution in [0.2, 0.25) is 0 Å². The molecule has 0 aliphatic heterocycles. The molecule has 0 spiro atoms. The number of methoxy groups -OCH3 is 2. The highest BCUT2D eigenvalue weighted by atomic mass is 16.5. The van der Waals surface area contributed by atoms with Gasteiger partial charge in [-0.1, -0.05) is 6.07 Å². The van der Waals surface area contributed by atoms with Crippen LogP contribution < -0.4 is 18.9 Å². The summed E-state index contributed by atoms with van der Waals surface area (Å²) in [6.45, 7) is 12.7. The van der Waals surface area contributed by atoms with Crippen molar-refractivity contribution in [1.82, 2.24) is 4.90 Å². The van der Waals surface area contributed by atoms with Gasteiger partial charge in [-0.15, -0.1) is 0 Å². The SMILES string of the molecule is CCN(CC)C(=O)c1c(-c2ccc3cc(OC(C)C)c(OC(C)C)cc3c2O)ccc(OC)c1OC. The minimum absolute atomic E-state index is 0.0368. The van der Waals surface area contributed by atoms with Crippen molar-refractivity contribution < 1.29 is 28.8 Å². The van der Waals surface area contributed by atoms with Crippen molar-refractivity contribution in [2.75, 3.05) is 27.3 Å². The molecule has 3 aromatic carbocycles. The van der Waals surface area contributed by atoms with Gasteiger partial charge in [-0.2, -0.15) is 0 Å². The quantitative estimate of drug-likeness (QED) is 0.356. The largest absolute Gasteiger partial charge is 0.507 e. The van der Waals surface area contributed by atoms with Crippen LogP contribution in [0.3, 0.4) is 0 Å². The number of hydrogen-bond acceptors (Lipinski definition) is 6. The van der Waals surface area contributed by atoms with Crippen molar-refractivity contribution in [2.24, 2.45) is 0 Å². The van der Waals surface area contributed by atoms with Gasteiger partial charge in [-0.25, -0.2) is 0 Å². The van der Waals surface area contributed by atoms with Crippen LogP contribution in [-0.2, 0) is 0 Å². The van der Waals surface area contributed by atoms with Crippen molar-refractivity contribution in [1.29, 1.82) is 0 Å². The summed E-state index contributed by atoms with van der Waals surface area (Å²) >= 11 is 0. The molecule has 7 heteroatoms. The third-order valence-electron chi connectivity index (χ3n) is 5.88. The van der Waals surface area contributed by atoms with Crippen molar-refractivity contribution in [2.45, 2.75) is 53.8 Å². The molecule has 194 valence electrons. The molecule has 0 radical (unpaired) electrons. The predicted molar refractivity (Wildman–Crippen MR) is 143 cm³/mol. The number of phenolic OH excluding ortho intramolecular Hbond substituents is 1. The van der Waals surface area contributed by atoms with E-state index < -0.39 is 0 Å². The Labute approximate surface area is 213 Å². The van der Waals surface area contributed by atoms with E-state index in [2.05, 4.69) is 0 Å². The number of benzene rings is 3. The molecule has 0 aliphatic carbocycles. The summed E-state index contributed by atoms with van der Waals surface area (Å²) in [4.78, 5) is 15.3. The Bertz CT molecular complexity index is 1230. The third kappa shape index (κ3) is 5.30. The first kappa shape index (κ1) is 27.0. The van der Waals surface area contributed by atoms with E-state index in [1.54, 1.807) is 29.2 Å². The summed E-state index contributed by atoms with van der Waals surface area (Å²) in [6, 6.07) is 10.9. The molecule has 0 atom stereocenters. The molecule has 3 aromatic rings. The zero-order valence-corrected chi connectivity index (χ0v) is 22.5. The van der Waals surface area contributed by atoms with Gasteiger partial charge in [-0.3, -0.25) is 4.79 Å². The lowest BCUT2D eigenvalue weighted by molar-refractivity contribution is 0.0769. The third-order valence-corrected chi connectivity index (χ3v) is 5.88. The highest BCUT2D eigenvalue weighted by Crippen LogP contribution is 2.45. The van der Waals surface area contributed by atoms with Gasteiger partial charge >= 0.3 is 0 Å². The normalized spacial score (nSPS) is 11.2. The Kier molecular flexibility index (Phi) is 8.56. The number of ether oxygens (including phenoxy) is 4. The predicted octanol–water partition coefficient (Wildman–Crippen LogP) is 6.29. The van der Waals surface area contributed by atoms with Gasteiger partial charge in [0.15, 0.2) is 23.0 Å². The summed E-state index contributed by atoms with van der Waals surface area (Å²) in [7, 11) is 3.04. The lowest BCUT2D eigenvalue weighted by Gasteiger charge is -2.24. The van der Waals surface area contributed by atoms with E-state index in [-0.39, 0.29) is 23.9 Å². The lowest BCUT2D eigenvalue weighted by atomic mass is 9.94. The maximum absolute atomic E-state index is 13.6. The molecule has 0 saturated carbocycles. The molecule has 7 nitrogen and oxygen atoms in total. The van der Waals surface area contributed by atoms with E-state index >= 15 is 0 Å². The molecule has 0 heterocycles. The fraction of sp³-hybridized carbons (Fsp3) is 0.414. The molecule has 0 bridgehead atoms. The standard InChI is InChI=1S/C29H37NO6/c1-9-30(10-2)29(32)26-20(13-14-23(33-7)28(26)34-8)21-12-11-19-15-24(35-17(3)4)25(36-18(5)6)16-22(19)27(21)31/h11-18,31H,9-10H2,1-8H3. The maximum Gasteiger partial charge on any atom is 0.258 e. The zero-order valence-electron chi connectivity index (χ0n) is 22.5. The Hall–Kier alpha value is -3.61. The molecule has 0 saturated heterocycles. The number of rotatable bonds is 10. The van der Waals surface area contributed by atoms with Gasteiger partial charge in [-0.05, 0) is 77.3 Å². The highest BCUT2D eigenvalue weighted by Gasteiger charge is 2.27. The average molecular weight is 496 g/mol. The number of aromatic hydroxyl groups is 1. The molecule has 0 aromatic heterocycles. The Morgan fingerprint density at radius 1 is 0.833 bits per heavy atom. The van der Waals surface area contributed by atoms with Gasteiger partial charge in [0.1, 0.15) is 5.75 Å². The second-order valence-electron chi connectivity index (χ2n) is 9.02. The highest BCUT2D eigenvalue weighted by molar-refractivity contribution is 6.07. The number of amides is 1. The van der Waals surface area contributed by atoms with Gasteiger partial charge in [0.2, 0.25) is 0 Å². The topological polar surface area (TPSA) is 77.5 Å². The van der Waals surface area contributed by atoms with Crippen LogP contribution >= 0.6 is 0 Å². The van der Waals surface area contributed by atoms with Crippen LogP contribution in [0.4, 0.5) is 0 Å². The maximum atomic E-state index is 13.6. The number of carbonyl (C=O) groups excluding carboxylic acids is 1. The number of carbonyl (C=O) groups is 1. The van der Waals surface area contributed by atoms with Gasteiger partial charge in [0.05, 0.1) is 32.0 Å². The minimum Gasteiger partial charge on any atom is -0.507 e. The summed E-state index contributed by atoms with van der Waals surface area (Å²) in [5, 5.41) is 12.9. The van der Waals surface area contributed by atoms with Crippen LogP contribution in [0.15, 0.2) is 36.4 Å². The number of fused-ring (bicyclic) bond motifs is 1. The smallest absolute Gasteiger partial charge is 0.258 e. The summed E-state index contributed by atoms with van der Waals surface area (Å²) in [5.74, 6) is 1.77. The molecular formula is C29H37NO6. The Morgan fingerprint density at radius 2 is 1.42 bits per heavy atom.